The molecule has 0 spiro atoms. The van der Waals surface area contributed by atoms with Crippen LogP contribution in [0.5, 0.6) is 0 Å². The number of nitrogens with one attached hydrogen (secondary N) is 1. The Hall–Kier alpha value is -2.89. The van der Waals surface area contributed by atoms with E-state index in [1.165, 1.54) is 18.3 Å². The summed E-state index contributed by atoms with van der Waals surface area (Å²) in [7, 11) is 0. The van der Waals surface area contributed by atoms with Crippen LogP contribution in [0.4, 0.5) is 5.69 Å². The number of anilines is 1. The fourth-order valence-corrected chi connectivity index (χ4v) is 2.74. The van der Waals surface area contributed by atoms with Gasteiger partial charge in [-0.2, -0.15) is 0 Å². The zero-order valence-corrected chi connectivity index (χ0v) is 16.4. The number of rotatable bonds is 5. The van der Waals surface area contributed by atoms with Crippen LogP contribution in [0.1, 0.15) is 27.6 Å². The summed E-state index contributed by atoms with van der Waals surface area (Å²) in [5, 5.41) is 3.52. The van der Waals surface area contributed by atoms with Crippen molar-refractivity contribution in [2.45, 2.75) is 13.0 Å². The molecule has 2 aromatic carbocycles. The molecule has 1 aromatic heterocycles. The van der Waals surface area contributed by atoms with Crippen molar-refractivity contribution in [2.24, 2.45) is 0 Å². The first-order chi connectivity index (χ1) is 13.4. The van der Waals surface area contributed by atoms with E-state index < -0.39 is 18.0 Å². The van der Waals surface area contributed by atoms with Crippen molar-refractivity contribution >= 4 is 40.8 Å². The minimum atomic E-state index is -1.15. The molecule has 1 N–H and O–H groups in total. The number of esters is 1. The van der Waals surface area contributed by atoms with Gasteiger partial charge in [-0.15, -0.1) is 0 Å². The Balaban J connectivity index is 1.84. The Morgan fingerprint density at radius 3 is 2.43 bits per heavy atom. The van der Waals surface area contributed by atoms with E-state index in [0.717, 1.165) is 5.56 Å². The van der Waals surface area contributed by atoms with Gasteiger partial charge in [-0.05, 0) is 36.8 Å². The van der Waals surface area contributed by atoms with Crippen molar-refractivity contribution in [3.05, 3.63) is 93.7 Å². The molecular weight excluding hydrogens is 399 g/mol. The van der Waals surface area contributed by atoms with E-state index in [1.54, 1.807) is 42.5 Å². The molecule has 0 aliphatic carbocycles. The third-order valence-electron chi connectivity index (χ3n) is 3.97. The van der Waals surface area contributed by atoms with Crippen molar-refractivity contribution in [2.75, 3.05) is 5.32 Å². The van der Waals surface area contributed by atoms with Crippen LogP contribution in [0.3, 0.4) is 0 Å². The molecule has 5 nitrogen and oxygen atoms in total. The summed E-state index contributed by atoms with van der Waals surface area (Å²) in [6.07, 6.45) is 0.147. The van der Waals surface area contributed by atoms with Gasteiger partial charge in [0.1, 0.15) is 5.15 Å². The smallest absolute Gasteiger partial charge is 0.340 e. The molecule has 28 heavy (non-hydrogen) atoms. The van der Waals surface area contributed by atoms with Crippen LogP contribution in [0.15, 0.2) is 66.9 Å². The fourth-order valence-electron chi connectivity index (χ4n) is 2.45. The van der Waals surface area contributed by atoms with Crippen LogP contribution in [0.2, 0.25) is 10.2 Å². The van der Waals surface area contributed by atoms with Crippen molar-refractivity contribution < 1.29 is 14.3 Å². The van der Waals surface area contributed by atoms with Crippen LogP contribution < -0.4 is 5.32 Å². The van der Waals surface area contributed by atoms with Crippen molar-refractivity contribution in [1.82, 2.24) is 4.98 Å². The highest BCUT2D eigenvalue weighted by molar-refractivity contribution is 6.31. The zero-order valence-electron chi connectivity index (χ0n) is 14.9. The van der Waals surface area contributed by atoms with Gasteiger partial charge in [0.05, 0.1) is 5.56 Å². The zero-order chi connectivity index (χ0) is 20.1. The second-order valence-corrected chi connectivity index (χ2v) is 6.81. The maximum Gasteiger partial charge on any atom is 0.340 e. The maximum absolute atomic E-state index is 12.9. The number of pyridine rings is 1. The number of hydrogen-bond donors (Lipinski definition) is 1. The van der Waals surface area contributed by atoms with Gasteiger partial charge in [0.25, 0.3) is 5.91 Å². The molecular formula is C21H16Cl2N2O3. The molecule has 3 aromatic rings. The number of amides is 1. The number of ether oxygens (including phenoxy) is 1. The molecule has 0 bridgehead atoms. The summed E-state index contributed by atoms with van der Waals surface area (Å²) < 4.78 is 5.48. The van der Waals surface area contributed by atoms with E-state index in [2.05, 4.69) is 10.3 Å². The van der Waals surface area contributed by atoms with Crippen molar-refractivity contribution in [3.8, 4) is 0 Å². The topological polar surface area (TPSA) is 68.3 Å². The molecule has 0 aliphatic rings. The van der Waals surface area contributed by atoms with Gasteiger partial charge < -0.3 is 10.1 Å². The highest BCUT2D eigenvalue weighted by Crippen LogP contribution is 2.24. The molecule has 3 rings (SSSR count). The minimum Gasteiger partial charge on any atom is -0.444 e. The Morgan fingerprint density at radius 2 is 1.79 bits per heavy atom. The third-order valence-corrected chi connectivity index (χ3v) is 4.60. The molecule has 1 heterocycles. The van der Waals surface area contributed by atoms with E-state index >= 15 is 0 Å². The molecule has 142 valence electrons. The van der Waals surface area contributed by atoms with Gasteiger partial charge in [-0.25, -0.2) is 9.78 Å². The molecule has 0 saturated carbocycles. The number of hydrogen-bond acceptors (Lipinski definition) is 4. The number of carbonyl (C=O) groups excluding carboxylic acids is 2. The van der Waals surface area contributed by atoms with E-state index in [0.29, 0.717) is 16.3 Å². The summed E-state index contributed by atoms with van der Waals surface area (Å²) in [4.78, 5) is 29.2. The predicted octanol–water partition coefficient (Wildman–Crippen LogP) is 5.23. The molecule has 0 aliphatic heterocycles. The average molecular weight is 415 g/mol. The first-order valence-corrected chi connectivity index (χ1v) is 9.14. The lowest BCUT2D eigenvalue weighted by molar-refractivity contribution is -0.125. The Kier molecular flexibility index (Phi) is 6.29. The van der Waals surface area contributed by atoms with Crippen LogP contribution in [0.25, 0.3) is 0 Å². The first-order valence-electron chi connectivity index (χ1n) is 8.38. The lowest BCUT2D eigenvalue weighted by Gasteiger charge is -2.18. The minimum absolute atomic E-state index is 0.191. The van der Waals surface area contributed by atoms with E-state index in [4.69, 9.17) is 27.9 Å². The van der Waals surface area contributed by atoms with Gasteiger partial charge in [0, 0.05) is 22.5 Å². The maximum atomic E-state index is 12.9. The summed E-state index contributed by atoms with van der Waals surface area (Å²) in [6.45, 7) is 1.86. The number of carbonyl (C=O) groups is 2. The van der Waals surface area contributed by atoms with Crippen LogP contribution >= 0.6 is 23.2 Å². The standard InChI is InChI=1S/C21H16Cl2N2O3/c1-13-7-9-16(11-17(13)22)25-20(26)19(14-5-3-2-4-6-14)28-21(27)15-8-10-18(23)24-12-15/h2-12,19H,1H3,(H,25,26). The van der Waals surface area contributed by atoms with Gasteiger partial charge in [-0.1, -0.05) is 59.6 Å². The number of aryl methyl sites for hydroxylation is 1. The van der Waals surface area contributed by atoms with E-state index in [1.807, 2.05) is 13.0 Å². The predicted molar refractivity (Wildman–Crippen MR) is 109 cm³/mol. The van der Waals surface area contributed by atoms with Gasteiger partial charge in [0.15, 0.2) is 0 Å². The van der Waals surface area contributed by atoms with Crippen LogP contribution in [-0.2, 0) is 9.53 Å². The average Bonchev–Trinajstić information content (AvgIpc) is 2.70. The first kappa shape index (κ1) is 19.9. The van der Waals surface area contributed by atoms with Crippen molar-refractivity contribution in [3.63, 3.8) is 0 Å². The number of nitrogens with zero attached hydrogens (tertiary/aromatic N) is 1. The summed E-state index contributed by atoms with van der Waals surface area (Å²) in [6, 6.07) is 16.9. The second kappa shape index (κ2) is 8.87. The molecule has 1 unspecified atom stereocenters. The molecule has 0 fully saturated rings. The van der Waals surface area contributed by atoms with Gasteiger partial charge >= 0.3 is 5.97 Å². The highest BCUT2D eigenvalue weighted by Gasteiger charge is 2.26. The molecule has 1 amide bonds. The number of halogens is 2. The lowest BCUT2D eigenvalue weighted by atomic mass is 10.1. The normalized spacial score (nSPS) is 11.5. The Labute approximate surface area is 172 Å². The van der Waals surface area contributed by atoms with Crippen molar-refractivity contribution in [1.29, 1.82) is 0 Å². The molecule has 0 saturated heterocycles. The fraction of sp³-hybridized carbons (Fsp3) is 0.0952. The Morgan fingerprint density at radius 1 is 1.04 bits per heavy atom. The molecule has 0 radical (unpaired) electrons. The highest BCUT2D eigenvalue weighted by atomic mass is 35.5. The van der Waals surface area contributed by atoms with Crippen LogP contribution in [0, 0.1) is 6.92 Å². The summed E-state index contributed by atoms with van der Waals surface area (Å²) in [5.74, 6) is -1.18. The molecule has 7 heteroatoms. The number of aromatic nitrogens is 1. The van der Waals surface area contributed by atoms with Crippen LogP contribution in [-0.4, -0.2) is 16.9 Å². The lowest BCUT2D eigenvalue weighted by Crippen LogP contribution is -2.26. The summed E-state index contributed by atoms with van der Waals surface area (Å²) in [5.41, 5.74) is 2.12. The quantitative estimate of drug-likeness (QED) is 0.458. The second-order valence-electron chi connectivity index (χ2n) is 6.02. The monoisotopic (exact) mass is 414 g/mol. The Bertz CT molecular complexity index is 992. The number of benzene rings is 2. The largest absolute Gasteiger partial charge is 0.444 e. The molecule has 1 atom stereocenters. The third kappa shape index (κ3) is 4.88. The SMILES string of the molecule is Cc1ccc(NC(=O)C(OC(=O)c2ccc(Cl)nc2)c2ccccc2)cc1Cl. The van der Waals surface area contributed by atoms with Gasteiger partial charge in [0.2, 0.25) is 6.10 Å². The van der Waals surface area contributed by atoms with E-state index in [9.17, 15) is 9.59 Å². The summed E-state index contributed by atoms with van der Waals surface area (Å²) >= 11 is 11.9. The van der Waals surface area contributed by atoms with Gasteiger partial charge in [-0.3, -0.25) is 4.79 Å². The van der Waals surface area contributed by atoms with E-state index in [-0.39, 0.29) is 10.7 Å².